The van der Waals surface area contributed by atoms with E-state index in [-0.39, 0.29) is 17.3 Å². The van der Waals surface area contributed by atoms with Crippen LogP contribution in [-0.4, -0.2) is 14.5 Å². The number of nitrogens with one attached hydrogen (secondary N) is 1. The maximum atomic E-state index is 13.0. The molecule has 2 aromatic carbocycles. The minimum atomic E-state index is -3.92. The van der Waals surface area contributed by atoms with Crippen molar-refractivity contribution in [2.24, 2.45) is 0 Å². The minimum Gasteiger partial charge on any atom is -0.466 e. The van der Waals surface area contributed by atoms with Crippen LogP contribution < -0.4 is 5.32 Å². The molecule has 1 amide bonds. The topological polar surface area (TPSA) is 85.6 Å². The fourth-order valence-corrected chi connectivity index (χ4v) is 3.96. The van der Waals surface area contributed by atoms with Crippen LogP contribution in [0.3, 0.4) is 0 Å². The molecule has 0 aliphatic carbocycles. The zero-order valence-electron chi connectivity index (χ0n) is 14.7. The Morgan fingerprint density at radius 3 is 2.37 bits per heavy atom. The number of carbonyl (C=O) groups is 1. The van der Waals surface area contributed by atoms with E-state index in [1.807, 2.05) is 25.1 Å². The molecule has 1 atom stereocenters. The van der Waals surface area contributed by atoms with Gasteiger partial charge in [0.25, 0.3) is 0 Å². The van der Waals surface area contributed by atoms with E-state index >= 15 is 0 Å². The first-order valence-corrected chi connectivity index (χ1v) is 9.82. The van der Waals surface area contributed by atoms with Gasteiger partial charge in [0.05, 0.1) is 11.2 Å². The van der Waals surface area contributed by atoms with Gasteiger partial charge in [0.15, 0.2) is 5.37 Å². The van der Waals surface area contributed by atoms with E-state index in [9.17, 15) is 13.2 Å². The van der Waals surface area contributed by atoms with Crippen LogP contribution in [-0.2, 0) is 21.2 Å². The van der Waals surface area contributed by atoms with Crippen LogP contribution in [0.15, 0.2) is 82.3 Å². The lowest BCUT2D eigenvalue weighted by atomic mass is 10.2. The molecule has 0 aliphatic heterocycles. The maximum absolute atomic E-state index is 13.0. The molecule has 1 N–H and O–H groups in total. The standard InChI is InChI=1S/C20H19NO5S/c1-15-9-11-17(12-10-15)27(23,24)19(18-8-5-13-25-18)21-20(22)26-14-16-6-3-2-4-7-16/h2-13,19H,14H2,1H3,(H,21,22). The van der Waals surface area contributed by atoms with Crippen LogP contribution in [0, 0.1) is 6.92 Å². The molecule has 1 unspecified atom stereocenters. The summed E-state index contributed by atoms with van der Waals surface area (Å²) < 4.78 is 36.4. The number of hydrogen-bond donors (Lipinski definition) is 1. The van der Waals surface area contributed by atoms with E-state index in [1.165, 1.54) is 24.5 Å². The molecule has 0 fully saturated rings. The highest BCUT2D eigenvalue weighted by atomic mass is 32.2. The Morgan fingerprint density at radius 1 is 1.04 bits per heavy atom. The second kappa shape index (κ2) is 8.09. The largest absolute Gasteiger partial charge is 0.466 e. The predicted molar refractivity (Wildman–Crippen MR) is 99.6 cm³/mol. The van der Waals surface area contributed by atoms with Crippen molar-refractivity contribution in [3.8, 4) is 0 Å². The summed E-state index contributed by atoms with van der Waals surface area (Å²) in [4.78, 5) is 12.3. The van der Waals surface area contributed by atoms with Gasteiger partial charge in [0.2, 0.25) is 9.84 Å². The fraction of sp³-hybridized carbons (Fsp3) is 0.150. The van der Waals surface area contributed by atoms with Gasteiger partial charge in [-0.3, -0.25) is 5.32 Å². The van der Waals surface area contributed by atoms with Crippen molar-refractivity contribution in [2.75, 3.05) is 0 Å². The Hall–Kier alpha value is -3.06. The average Bonchev–Trinajstić information content (AvgIpc) is 3.20. The zero-order valence-corrected chi connectivity index (χ0v) is 15.5. The third kappa shape index (κ3) is 4.57. The number of hydrogen-bond acceptors (Lipinski definition) is 5. The van der Waals surface area contributed by atoms with E-state index in [1.54, 1.807) is 30.3 Å². The summed E-state index contributed by atoms with van der Waals surface area (Å²) in [6.45, 7) is 1.89. The summed E-state index contributed by atoms with van der Waals surface area (Å²) in [6.07, 6.45) is 0.500. The van der Waals surface area contributed by atoms with Crippen molar-refractivity contribution in [1.82, 2.24) is 5.32 Å². The third-order valence-corrected chi connectivity index (χ3v) is 5.82. The van der Waals surface area contributed by atoms with Gasteiger partial charge >= 0.3 is 6.09 Å². The first-order chi connectivity index (χ1) is 13.0. The molecule has 1 aromatic heterocycles. The SMILES string of the molecule is Cc1ccc(S(=O)(=O)C(NC(=O)OCc2ccccc2)c2ccco2)cc1. The van der Waals surface area contributed by atoms with Gasteiger partial charge in [0, 0.05) is 0 Å². The van der Waals surface area contributed by atoms with Gasteiger partial charge < -0.3 is 9.15 Å². The summed E-state index contributed by atoms with van der Waals surface area (Å²) >= 11 is 0. The number of sulfone groups is 1. The Bertz CT molecular complexity index is 981. The average molecular weight is 385 g/mol. The van der Waals surface area contributed by atoms with Gasteiger partial charge in [-0.15, -0.1) is 0 Å². The van der Waals surface area contributed by atoms with Crippen molar-refractivity contribution in [2.45, 2.75) is 23.8 Å². The number of carbonyl (C=O) groups excluding carboxylic acids is 1. The number of ether oxygens (including phenoxy) is 1. The molecule has 27 heavy (non-hydrogen) atoms. The number of aryl methyl sites for hydroxylation is 1. The van der Waals surface area contributed by atoms with Gasteiger partial charge in [-0.1, -0.05) is 48.0 Å². The number of alkyl carbamates (subject to hydrolysis) is 1. The number of benzene rings is 2. The summed E-state index contributed by atoms with van der Waals surface area (Å²) in [5.74, 6) is 0.104. The van der Waals surface area contributed by atoms with Crippen LogP contribution in [0.2, 0.25) is 0 Å². The minimum absolute atomic E-state index is 0.0299. The Kier molecular flexibility index (Phi) is 5.61. The summed E-state index contributed by atoms with van der Waals surface area (Å²) in [5, 5.41) is 1.01. The van der Waals surface area contributed by atoms with Crippen LogP contribution in [0.1, 0.15) is 22.3 Å². The molecule has 0 spiro atoms. The molecule has 0 saturated carbocycles. The molecule has 6 nitrogen and oxygen atoms in total. The predicted octanol–water partition coefficient (Wildman–Crippen LogP) is 3.99. The van der Waals surface area contributed by atoms with Crippen molar-refractivity contribution in [3.05, 3.63) is 89.9 Å². The lowest BCUT2D eigenvalue weighted by Gasteiger charge is -2.17. The third-order valence-electron chi connectivity index (χ3n) is 3.92. The number of rotatable bonds is 6. The van der Waals surface area contributed by atoms with E-state index in [2.05, 4.69) is 5.32 Å². The second-order valence-corrected chi connectivity index (χ2v) is 7.99. The lowest BCUT2D eigenvalue weighted by Crippen LogP contribution is -2.34. The first-order valence-electron chi connectivity index (χ1n) is 8.28. The second-order valence-electron chi connectivity index (χ2n) is 5.96. The number of furan rings is 1. The molecule has 3 rings (SSSR count). The molecule has 1 heterocycles. The van der Waals surface area contributed by atoms with Crippen LogP contribution >= 0.6 is 0 Å². The highest BCUT2D eigenvalue weighted by Gasteiger charge is 2.33. The molecule has 7 heteroatoms. The Balaban J connectivity index is 1.80. The lowest BCUT2D eigenvalue weighted by molar-refractivity contribution is 0.137. The highest BCUT2D eigenvalue weighted by molar-refractivity contribution is 7.91. The molecular weight excluding hydrogens is 366 g/mol. The summed E-state index contributed by atoms with van der Waals surface area (Å²) in [6, 6.07) is 18.5. The molecule has 0 saturated heterocycles. The van der Waals surface area contributed by atoms with E-state index in [4.69, 9.17) is 9.15 Å². The van der Waals surface area contributed by atoms with E-state index in [0.29, 0.717) is 0 Å². The molecule has 0 radical (unpaired) electrons. The molecule has 0 aliphatic rings. The molecule has 140 valence electrons. The van der Waals surface area contributed by atoms with Gasteiger partial charge in [0.1, 0.15) is 12.4 Å². The monoisotopic (exact) mass is 385 g/mol. The first kappa shape index (κ1) is 18.7. The molecule has 0 bridgehead atoms. The summed E-state index contributed by atoms with van der Waals surface area (Å²) in [7, 11) is -3.92. The Labute approximate surface area is 157 Å². The van der Waals surface area contributed by atoms with Gasteiger partial charge in [-0.05, 0) is 36.8 Å². The van der Waals surface area contributed by atoms with Crippen LogP contribution in [0.5, 0.6) is 0 Å². The summed E-state index contributed by atoms with van der Waals surface area (Å²) in [5.41, 5.74) is 1.72. The fourth-order valence-electron chi connectivity index (χ4n) is 2.48. The zero-order chi connectivity index (χ0) is 19.3. The van der Waals surface area contributed by atoms with Crippen molar-refractivity contribution >= 4 is 15.9 Å². The van der Waals surface area contributed by atoms with Gasteiger partial charge in [-0.25, -0.2) is 13.2 Å². The smallest absolute Gasteiger partial charge is 0.408 e. The Morgan fingerprint density at radius 2 is 1.74 bits per heavy atom. The quantitative estimate of drug-likeness (QED) is 0.693. The van der Waals surface area contributed by atoms with Crippen molar-refractivity contribution in [1.29, 1.82) is 0 Å². The maximum Gasteiger partial charge on any atom is 0.408 e. The highest BCUT2D eigenvalue weighted by Crippen LogP contribution is 2.27. The van der Waals surface area contributed by atoms with E-state index < -0.39 is 21.3 Å². The van der Waals surface area contributed by atoms with Crippen LogP contribution in [0.4, 0.5) is 4.79 Å². The van der Waals surface area contributed by atoms with Crippen LogP contribution in [0.25, 0.3) is 0 Å². The number of amides is 1. The van der Waals surface area contributed by atoms with Crippen molar-refractivity contribution < 1.29 is 22.4 Å². The van der Waals surface area contributed by atoms with E-state index in [0.717, 1.165) is 11.1 Å². The van der Waals surface area contributed by atoms with Gasteiger partial charge in [-0.2, -0.15) is 0 Å². The molecule has 3 aromatic rings. The normalized spacial score (nSPS) is 12.3. The van der Waals surface area contributed by atoms with Crippen molar-refractivity contribution in [3.63, 3.8) is 0 Å². The molecular formula is C20H19NO5S.